The normalized spacial score (nSPS) is 12.7. The molecule has 0 aliphatic carbocycles. The van der Waals surface area contributed by atoms with Crippen LogP contribution in [0.25, 0.3) is 11.3 Å². The Hall–Kier alpha value is -3.22. The molecule has 0 saturated heterocycles. The highest BCUT2D eigenvalue weighted by molar-refractivity contribution is 6.07. The summed E-state index contributed by atoms with van der Waals surface area (Å²) in [5.74, 6) is 0.573. The smallest absolute Gasteiger partial charge is 0.258 e. The molecule has 1 aromatic heterocycles. The predicted octanol–water partition coefficient (Wildman–Crippen LogP) is 3.04. The summed E-state index contributed by atoms with van der Waals surface area (Å²) in [6.45, 7) is 1.97. The summed E-state index contributed by atoms with van der Waals surface area (Å²) >= 11 is 0. The van der Waals surface area contributed by atoms with E-state index in [-0.39, 0.29) is 12.5 Å². The van der Waals surface area contributed by atoms with Crippen molar-refractivity contribution >= 4 is 11.6 Å². The van der Waals surface area contributed by atoms with Crippen LogP contribution in [0.4, 0.5) is 5.69 Å². The largest absolute Gasteiger partial charge is 0.481 e. The molecule has 1 amide bonds. The number of nitrogens with zero attached hydrogens (tertiary/aromatic N) is 2. The van der Waals surface area contributed by atoms with Gasteiger partial charge in [-0.15, -0.1) is 0 Å². The summed E-state index contributed by atoms with van der Waals surface area (Å²) in [6.07, 6.45) is 0.791. The first kappa shape index (κ1) is 20.1. The number of methoxy groups -OCH3 is 1. The number of fused-ring (bicyclic) bond motifs is 1. The summed E-state index contributed by atoms with van der Waals surface area (Å²) in [7, 11) is 1.61. The van der Waals surface area contributed by atoms with E-state index in [4.69, 9.17) is 9.84 Å². The maximum Gasteiger partial charge on any atom is 0.258 e. The van der Waals surface area contributed by atoms with Gasteiger partial charge in [0.25, 0.3) is 5.91 Å². The van der Waals surface area contributed by atoms with Crippen LogP contribution in [0.2, 0.25) is 0 Å². The number of carbonyl (C=O) groups excluding carboxylic acids is 1. The Morgan fingerprint density at radius 2 is 1.93 bits per heavy atom. The van der Waals surface area contributed by atoms with Crippen LogP contribution in [0.1, 0.15) is 21.5 Å². The van der Waals surface area contributed by atoms with E-state index in [0.717, 1.165) is 34.5 Å². The molecule has 0 unspecified atom stereocenters. The van der Waals surface area contributed by atoms with Gasteiger partial charge in [0.2, 0.25) is 5.88 Å². The molecule has 6 nitrogen and oxygen atoms in total. The molecule has 4 rings (SSSR count). The Bertz CT molecular complexity index is 1030. The van der Waals surface area contributed by atoms with Crippen LogP contribution in [0.3, 0.4) is 0 Å². The number of anilines is 1. The second kappa shape index (κ2) is 9.07. The lowest BCUT2D eigenvalue weighted by Gasteiger charge is -2.18. The van der Waals surface area contributed by atoms with Crippen LogP contribution in [-0.4, -0.2) is 42.8 Å². The summed E-state index contributed by atoms with van der Waals surface area (Å²) in [4.78, 5) is 19.6. The molecule has 0 saturated carbocycles. The molecule has 2 N–H and O–H groups in total. The van der Waals surface area contributed by atoms with Gasteiger partial charge in [-0.2, -0.15) is 0 Å². The van der Waals surface area contributed by atoms with Crippen molar-refractivity contribution in [3.05, 3.63) is 77.4 Å². The fraction of sp³-hybridized carbons (Fsp3) is 0.250. The van der Waals surface area contributed by atoms with E-state index in [1.165, 1.54) is 0 Å². The zero-order chi connectivity index (χ0) is 20.9. The average molecular weight is 403 g/mol. The maximum absolute atomic E-state index is 13.2. The van der Waals surface area contributed by atoms with Crippen molar-refractivity contribution in [2.24, 2.45) is 0 Å². The molecule has 30 heavy (non-hydrogen) atoms. The number of carbonyl (C=O) groups is 1. The lowest BCUT2D eigenvalue weighted by atomic mass is 10.0. The quantitative estimate of drug-likeness (QED) is 0.593. The number of nitrogens with one attached hydrogen (secondary N) is 1. The van der Waals surface area contributed by atoms with E-state index >= 15 is 0 Å². The van der Waals surface area contributed by atoms with Crippen molar-refractivity contribution in [1.29, 1.82) is 0 Å². The number of hydrogen-bond acceptors (Lipinski definition) is 5. The standard InChI is InChI=1S/C24H25N3O3/c1-30-23-7-3-5-21(26-23)19-4-2-6-22-20(19)12-14-27(22)24(29)18-10-8-17(9-11-18)16-25-13-15-28/h2-11,25,28H,12-16H2,1H3. The molecule has 0 bridgehead atoms. The molecule has 1 aliphatic rings. The van der Waals surface area contributed by atoms with Crippen molar-refractivity contribution in [3.63, 3.8) is 0 Å². The van der Waals surface area contributed by atoms with E-state index in [0.29, 0.717) is 31.1 Å². The lowest BCUT2D eigenvalue weighted by molar-refractivity contribution is 0.0989. The minimum absolute atomic E-state index is 0.000584. The van der Waals surface area contributed by atoms with E-state index in [9.17, 15) is 4.79 Å². The van der Waals surface area contributed by atoms with Crippen LogP contribution < -0.4 is 15.0 Å². The van der Waals surface area contributed by atoms with Gasteiger partial charge in [0.1, 0.15) is 0 Å². The van der Waals surface area contributed by atoms with Gasteiger partial charge in [-0.3, -0.25) is 4.79 Å². The third-order valence-electron chi connectivity index (χ3n) is 5.30. The fourth-order valence-corrected chi connectivity index (χ4v) is 3.80. The fourth-order valence-electron chi connectivity index (χ4n) is 3.80. The number of aliphatic hydroxyl groups is 1. The van der Waals surface area contributed by atoms with Gasteiger partial charge in [-0.25, -0.2) is 4.98 Å². The molecular formula is C24H25N3O3. The molecule has 2 aromatic carbocycles. The van der Waals surface area contributed by atoms with Crippen LogP contribution in [-0.2, 0) is 13.0 Å². The SMILES string of the molecule is COc1cccc(-c2cccc3c2CCN3C(=O)c2ccc(CNCCO)cc2)n1. The molecule has 0 spiro atoms. The maximum atomic E-state index is 13.2. The Morgan fingerprint density at radius 3 is 2.70 bits per heavy atom. The first-order valence-electron chi connectivity index (χ1n) is 10.1. The van der Waals surface area contributed by atoms with Crippen LogP contribution in [0.15, 0.2) is 60.7 Å². The minimum atomic E-state index is -0.000584. The number of aromatic nitrogens is 1. The van der Waals surface area contributed by atoms with Gasteiger partial charge in [0.05, 0.1) is 19.4 Å². The zero-order valence-corrected chi connectivity index (χ0v) is 17.0. The third-order valence-corrected chi connectivity index (χ3v) is 5.30. The highest BCUT2D eigenvalue weighted by Crippen LogP contribution is 2.36. The van der Waals surface area contributed by atoms with Crippen LogP contribution in [0.5, 0.6) is 5.88 Å². The van der Waals surface area contributed by atoms with Gasteiger partial charge >= 0.3 is 0 Å². The Morgan fingerprint density at radius 1 is 1.13 bits per heavy atom. The van der Waals surface area contributed by atoms with E-state index in [1.54, 1.807) is 7.11 Å². The van der Waals surface area contributed by atoms with Gasteiger partial charge < -0.3 is 20.1 Å². The number of aliphatic hydroxyl groups excluding tert-OH is 1. The number of pyridine rings is 1. The number of hydrogen-bond donors (Lipinski definition) is 2. The number of ether oxygens (including phenoxy) is 1. The summed E-state index contributed by atoms with van der Waals surface area (Å²) in [5, 5.41) is 12.0. The van der Waals surface area contributed by atoms with E-state index in [2.05, 4.69) is 10.3 Å². The molecular weight excluding hydrogens is 378 g/mol. The van der Waals surface area contributed by atoms with Crippen molar-refractivity contribution in [2.75, 3.05) is 31.7 Å². The number of rotatable bonds is 7. The van der Waals surface area contributed by atoms with Crippen molar-refractivity contribution < 1.29 is 14.6 Å². The lowest BCUT2D eigenvalue weighted by Crippen LogP contribution is -2.28. The number of benzene rings is 2. The average Bonchev–Trinajstić information content (AvgIpc) is 3.23. The summed E-state index contributed by atoms with van der Waals surface area (Å²) in [5.41, 5.74) is 5.70. The highest BCUT2D eigenvalue weighted by atomic mass is 16.5. The molecule has 1 aliphatic heterocycles. The second-order valence-corrected chi connectivity index (χ2v) is 7.17. The van der Waals surface area contributed by atoms with E-state index < -0.39 is 0 Å². The Kier molecular flexibility index (Phi) is 6.07. The highest BCUT2D eigenvalue weighted by Gasteiger charge is 2.27. The summed E-state index contributed by atoms with van der Waals surface area (Å²) in [6, 6.07) is 19.4. The van der Waals surface area contributed by atoms with Gasteiger partial charge in [-0.05, 0) is 41.8 Å². The van der Waals surface area contributed by atoms with Gasteiger partial charge in [0.15, 0.2) is 0 Å². The molecule has 0 radical (unpaired) electrons. The minimum Gasteiger partial charge on any atom is -0.481 e. The topological polar surface area (TPSA) is 74.7 Å². The Balaban J connectivity index is 1.57. The third kappa shape index (κ3) is 4.06. The van der Waals surface area contributed by atoms with Gasteiger partial charge in [-0.1, -0.05) is 30.3 Å². The zero-order valence-electron chi connectivity index (χ0n) is 17.0. The molecule has 6 heteroatoms. The number of amides is 1. The van der Waals surface area contributed by atoms with Crippen molar-refractivity contribution in [3.8, 4) is 17.1 Å². The molecule has 0 fully saturated rings. The molecule has 154 valence electrons. The monoisotopic (exact) mass is 403 g/mol. The van der Waals surface area contributed by atoms with Crippen molar-refractivity contribution in [2.45, 2.75) is 13.0 Å². The van der Waals surface area contributed by atoms with Crippen LogP contribution >= 0.6 is 0 Å². The molecule has 3 aromatic rings. The van der Waals surface area contributed by atoms with Gasteiger partial charge in [0, 0.05) is 42.5 Å². The van der Waals surface area contributed by atoms with Crippen LogP contribution in [0, 0.1) is 0 Å². The Labute approximate surface area is 176 Å². The first-order chi connectivity index (χ1) is 14.7. The summed E-state index contributed by atoms with van der Waals surface area (Å²) < 4.78 is 5.26. The van der Waals surface area contributed by atoms with Crippen molar-refractivity contribution in [1.82, 2.24) is 10.3 Å². The molecule has 2 heterocycles. The molecule has 0 atom stereocenters. The second-order valence-electron chi connectivity index (χ2n) is 7.17. The van der Waals surface area contributed by atoms with E-state index in [1.807, 2.05) is 65.6 Å². The first-order valence-corrected chi connectivity index (χ1v) is 10.1. The predicted molar refractivity (Wildman–Crippen MR) is 117 cm³/mol.